The van der Waals surface area contributed by atoms with Crippen LogP contribution in [-0.2, 0) is 4.79 Å². The number of thiocarbonyl (C=S) groups is 1. The highest BCUT2D eigenvalue weighted by Crippen LogP contribution is 2.50. The van der Waals surface area contributed by atoms with Crippen molar-refractivity contribution >= 4 is 57.8 Å². The van der Waals surface area contributed by atoms with Gasteiger partial charge in [-0.15, -0.1) is 0 Å². The van der Waals surface area contributed by atoms with Gasteiger partial charge in [0.05, 0.1) is 13.2 Å². The molecular weight excluding hydrogens is 493 g/mol. The summed E-state index contributed by atoms with van der Waals surface area (Å²) in [5.74, 6) is 0.387. The van der Waals surface area contributed by atoms with Gasteiger partial charge in [0, 0.05) is 27.0 Å². The first-order valence-corrected chi connectivity index (χ1v) is 11.8. The van der Waals surface area contributed by atoms with Crippen LogP contribution >= 0.6 is 35.4 Å². The van der Waals surface area contributed by atoms with Crippen molar-refractivity contribution in [3.05, 3.63) is 82.3 Å². The number of methoxy groups -OCH3 is 1. The predicted octanol–water partition coefficient (Wildman–Crippen LogP) is 5.80. The van der Waals surface area contributed by atoms with E-state index in [0.29, 0.717) is 38.0 Å². The highest BCUT2D eigenvalue weighted by molar-refractivity contribution is 7.80. The summed E-state index contributed by atoms with van der Waals surface area (Å²) in [6.07, 6.45) is 0. The van der Waals surface area contributed by atoms with Gasteiger partial charge < -0.3 is 20.1 Å². The summed E-state index contributed by atoms with van der Waals surface area (Å²) in [4.78, 5) is 15.6. The lowest BCUT2D eigenvalue weighted by Gasteiger charge is -2.56. The van der Waals surface area contributed by atoms with Gasteiger partial charge >= 0.3 is 0 Å². The summed E-state index contributed by atoms with van der Waals surface area (Å²) in [5, 5.41) is 7.94. The maximum Gasteiger partial charge on any atom is 0.236 e. The average molecular weight is 514 g/mol. The Morgan fingerprint density at radius 2 is 1.88 bits per heavy atom. The number of benzene rings is 3. The Morgan fingerprint density at radius 3 is 2.59 bits per heavy atom. The Morgan fingerprint density at radius 1 is 1.12 bits per heavy atom. The molecule has 3 unspecified atom stereocenters. The predicted molar refractivity (Wildman–Crippen MR) is 138 cm³/mol. The van der Waals surface area contributed by atoms with Gasteiger partial charge in [-0.1, -0.05) is 29.3 Å². The molecule has 0 saturated carbocycles. The molecule has 2 N–H and O–H groups in total. The van der Waals surface area contributed by atoms with Gasteiger partial charge in [-0.25, -0.2) is 0 Å². The van der Waals surface area contributed by atoms with Crippen molar-refractivity contribution < 1.29 is 14.3 Å². The van der Waals surface area contributed by atoms with E-state index in [1.54, 1.807) is 43.5 Å². The molecule has 2 aliphatic rings. The van der Waals surface area contributed by atoms with Crippen LogP contribution in [-0.4, -0.2) is 23.9 Å². The van der Waals surface area contributed by atoms with Crippen molar-refractivity contribution in [3.8, 4) is 11.5 Å². The van der Waals surface area contributed by atoms with Gasteiger partial charge in [0.2, 0.25) is 5.91 Å². The number of ether oxygens (including phenoxy) is 2. The SMILES string of the molecule is COc1ccc2c(c1)C1NC(=S)N(c3cccc(Cl)c3)C(C)(O2)C1C(=O)Nc1ccc(Cl)cc1. The highest BCUT2D eigenvalue weighted by atomic mass is 35.5. The number of fused-ring (bicyclic) bond motifs is 4. The molecule has 2 heterocycles. The van der Waals surface area contributed by atoms with Gasteiger partial charge in [-0.2, -0.15) is 0 Å². The topological polar surface area (TPSA) is 62.8 Å². The molecule has 3 aromatic carbocycles. The van der Waals surface area contributed by atoms with Crippen molar-refractivity contribution in [2.24, 2.45) is 5.92 Å². The van der Waals surface area contributed by atoms with Gasteiger partial charge in [0.15, 0.2) is 10.8 Å². The van der Waals surface area contributed by atoms with Gasteiger partial charge in [-0.3, -0.25) is 9.69 Å². The van der Waals surface area contributed by atoms with E-state index in [9.17, 15) is 4.79 Å². The summed E-state index contributed by atoms with van der Waals surface area (Å²) < 4.78 is 12.0. The van der Waals surface area contributed by atoms with E-state index in [4.69, 9.17) is 44.9 Å². The lowest BCUT2D eigenvalue weighted by Crippen LogP contribution is -2.72. The third-order valence-electron chi connectivity index (χ3n) is 6.17. The summed E-state index contributed by atoms with van der Waals surface area (Å²) >= 11 is 18.1. The molecule has 174 valence electrons. The fraction of sp³-hybridized carbons (Fsp3) is 0.200. The molecule has 0 aromatic heterocycles. The van der Waals surface area contributed by atoms with Crippen LogP contribution in [0, 0.1) is 5.92 Å². The van der Waals surface area contributed by atoms with E-state index in [-0.39, 0.29) is 5.91 Å². The Kier molecular flexibility index (Phi) is 5.80. The van der Waals surface area contributed by atoms with Gasteiger partial charge in [0.25, 0.3) is 0 Å². The molecule has 0 aliphatic carbocycles. The second-order valence-electron chi connectivity index (χ2n) is 8.28. The number of carbonyl (C=O) groups excluding carboxylic acids is 1. The zero-order valence-electron chi connectivity index (χ0n) is 18.3. The zero-order chi connectivity index (χ0) is 24.0. The molecule has 9 heteroatoms. The summed E-state index contributed by atoms with van der Waals surface area (Å²) in [6.45, 7) is 1.87. The van der Waals surface area contributed by atoms with E-state index in [1.165, 1.54) is 0 Å². The number of nitrogens with one attached hydrogen (secondary N) is 2. The van der Waals surface area contributed by atoms with Crippen LogP contribution in [0.5, 0.6) is 11.5 Å². The zero-order valence-corrected chi connectivity index (χ0v) is 20.7. The number of amides is 1. The number of carbonyl (C=O) groups is 1. The maximum atomic E-state index is 13.8. The highest BCUT2D eigenvalue weighted by Gasteiger charge is 2.59. The minimum absolute atomic E-state index is 0.231. The monoisotopic (exact) mass is 513 g/mol. The summed E-state index contributed by atoms with van der Waals surface area (Å²) in [6, 6.07) is 19.3. The van der Waals surface area contributed by atoms with Crippen molar-refractivity contribution in [2.75, 3.05) is 17.3 Å². The fourth-order valence-electron chi connectivity index (χ4n) is 4.65. The van der Waals surface area contributed by atoms with Crippen LogP contribution in [0.4, 0.5) is 11.4 Å². The Bertz CT molecular complexity index is 1290. The molecular formula is C25H21Cl2N3O3S. The molecule has 3 atom stereocenters. The molecule has 6 nitrogen and oxygen atoms in total. The number of hydrogen-bond donors (Lipinski definition) is 2. The van der Waals surface area contributed by atoms with Crippen molar-refractivity contribution in [1.82, 2.24) is 5.32 Å². The van der Waals surface area contributed by atoms with Crippen LogP contribution in [0.25, 0.3) is 0 Å². The molecule has 1 saturated heterocycles. The van der Waals surface area contributed by atoms with Crippen molar-refractivity contribution in [2.45, 2.75) is 18.7 Å². The molecule has 0 radical (unpaired) electrons. The summed E-state index contributed by atoms with van der Waals surface area (Å²) in [5.41, 5.74) is 0.994. The standard InChI is InChI=1S/C25H21Cl2N3O3S/c1-25-21(23(31)28-16-8-6-14(26)7-9-16)22(19-13-18(32-2)10-11-20(19)33-25)29-24(34)30(25)17-5-3-4-15(27)12-17/h3-13,21-22H,1-2H3,(H,28,31)(H,29,34). The van der Waals surface area contributed by atoms with Crippen LogP contribution in [0.15, 0.2) is 66.7 Å². The molecule has 34 heavy (non-hydrogen) atoms. The van der Waals surface area contributed by atoms with Crippen molar-refractivity contribution in [3.63, 3.8) is 0 Å². The number of nitrogens with zero attached hydrogens (tertiary/aromatic N) is 1. The minimum Gasteiger partial charge on any atom is -0.497 e. The third kappa shape index (κ3) is 3.83. The number of rotatable bonds is 4. The second-order valence-corrected chi connectivity index (χ2v) is 9.54. The first kappa shape index (κ1) is 22.8. The van der Waals surface area contributed by atoms with Crippen LogP contribution in [0.2, 0.25) is 10.0 Å². The maximum absolute atomic E-state index is 13.8. The van der Waals surface area contributed by atoms with E-state index >= 15 is 0 Å². The Hall–Kier alpha value is -3.00. The smallest absolute Gasteiger partial charge is 0.236 e. The first-order valence-electron chi connectivity index (χ1n) is 10.6. The lowest BCUT2D eigenvalue weighted by atomic mass is 9.78. The minimum atomic E-state index is -1.14. The van der Waals surface area contributed by atoms with Gasteiger partial charge in [0.1, 0.15) is 17.4 Å². The Balaban J connectivity index is 1.63. The molecule has 3 aromatic rings. The largest absolute Gasteiger partial charge is 0.497 e. The molecule has 1 fully saturated rings. The third-order valence-corrected chi connectivity index (χ3v) is 6.95. The molecule has 1 amide bonds. The molecule has 2 aliphatic heterocycles. The van der Waals surface area contributed by atoms with E-state index in [0.717, 1.165) is 5.56 Å². The normalized spacial score (nSPS) is 22.8. The first-order chi connectivity index (χ1) is 16.3. The molecule has 2 bridgehead atoms. The van der Waals surface area contributed by atoms with Crippen molar-refractivity contribution in [1.29, 1.82) is 0 Å². The second kappa shape index (κ2) is 8.65. The van der Waals surface area contributed by atoms with E-state index in [2.05, 4.69) is 10.6 Å². The number of hydrogen-bond acceptors (Lipinski definition) is 4. The Labute approximate surface area is 212 Å². The molecule has 5 rings (SSSR count). The number of anilines is 2. The average Bonchev–Trinajstić information content (AvgIpc) is 2.80. The van der Waals surface area contributed by atoms with E-state index in [1.807, 2.05) is 42.2 Å². The van der Waals surface area contributed by atoms with Gasteiger partial charge in [-0.05, 0) is 79.8 Å². The summed E-state index contributed by atoms with van der Waals surface area (Å²) in [7, 11) is 1.60. The quantitative estimate of drug-likeness (QED) is 0.429. The number of halogens is 2. The fourth-order valence-corrected chi connectivity index (χ4v) is 5.37. The van der Waals surface area contributed by atoms with Crippen LogP contribution in [0.1, 0.15) is 18.5 Å². The van der Waals surface area contributed by atoms with Crippen LogP contribution < -0.4 is 25.0 Å². The molecule has 0 spiro atoms. The van der Waals surface area contributed by atoms with E-state index < -0.39 is 17.7 Å². The lowest BCUT2D eigenvalue weighted by molar-refractivity contribution is -0.130. The van der Waals surface area contributed by atoms with Crippen LogP contribution in [0.3, 0.4) is 0 Å².